The fraction of sp³-hybridized carbons (Fsp3) is 1.00. The van der Waals surface area contributed by atoms with Gasteiger partial charge in [0.2, 0.25) is 0 Å². The van der Waals surface area contributed by atoms with Crippen LogP contribution in [0.2, 0.25) is 0 Å². The number of piperidine rings is 1. The van der Waals surface area contributed by atoms with E-state index in [2.05, 4.69) is 51.9 Å². The molecule has 1 saturated carbocycles. The molecule has 0 amide bonds. The zero-order valence-electron chi connectivity index (χ0n) is 13.6. The third-order valence-electron chi connectivity index (χ3n) is 5.88. The molecule has 5 unspecified atom stereocenters. The van der Waals surface area contributed by atoms with Crippen molar-refractivity contribution < 1.29 is 4.74 Å². The van der Waals surface area contributed by atoms with Gasteiger partial charge in [0, 0.05) is 36.7 Å². The highest BCUT2D eigenvalue weighted by Crippen LogP contribution is 2.47. The topological polar surface area (TPSA) is 24.5 Å². The highest BCUT2D eigenvalue weighted by Gasteiger charge is 2.53. The van der Waals surface area contributed by atoms with E-state index in [1.54, 1.807) is 0 Å². The first-order valence-electron chi connectivity index (χ1n) is 7.98. The fourth-order valence-corrected chi connectivity index (χ4v) is 4.15. The Bertz CT molecular complexity index is 305. The van der Waals surface area contributed by atoms with E-state index in [1.165, 1.54) is 19.4 Å². The lowest BCUT2D eigenvalue weighted by molar-refractivity contribution is -0.166. The first kappa shape index (κ1) is 15.3. The Morgan fingerprint density at radius 3 is 2.53 bits per heavy atom. The Morgan fingerprint density at radius 1 is 1.32 bits per heavy atom. The molecule has 1 aliphatic carbocycles. The highest BCUT2D eigenvalue weighted by atomic mass is 16.5. The molecule has 0 spiro atoms. The van der Waals surface area contributed by atoms with Crippen LogP contribution in [-0.2, 0) is 4.74 Å². The van der Waals surface area contributed by atoms with Crippen molar-refractivity contribution in [2.45, 2.75) is 71.7 Å². The fourth-order valence-electron chi connectivity index (χ4n) is 4.15. The van der Waals surface area contributed by atoms with Gasteiger partial charge in [-0.2, -0.15) is 0 Å². The minimum Gasteiger partial charge on any atom is -0.378 e. The molecule has 0 aromatic carbocycles. The summed E-state index contributed by atoms with van der Waals surface area (Å²) in [5.41, 5.74) is 0.302. The first-order valence-corrected chi connectivity index (χ1v) is 7.98. The monoisotopic (exact) mass is 268 g/mol. The third kappa shape index (κ3) is 2.57. The van der Waals surface area contributed by atoms with Gasteiger partial charge in [0.15, 0.2) is 0 Å². The van der Waals surface area contributed by atoms with Crippen LogP contribution in [0.4, 0.5) is 0 Å². The lowest BCUT2D eigenvalue weighted by atomic mass is 9.62. The van der Waals surface area contributed by atoms with E-state index in [9.17, 15) is 0 Å². The van der Waals surface area contributed by atoms with E-state index in [0.29, 0.717) is 29.6 Å². The predicted octanol–water partition coefficient (Wildman–Crippen LogP) is 2.51. The molecule has 1 N–H and O–H groups in total. The second-order valence-corrected chi connectivity index (χ2v) is 7.04. The van der Waals surface area contributed by atoms with Crippen molar-refractivity contribution in [2.75, 3.05) is 20.2 Å². The number of nitrogens with zero attached hydrogens (tertiary/aromatic N) is 1. The summed E-state index contributed by atoms with van der Waals surface area (Å²) >= 11 is 0. The van der Waals surface area contributed by atoms with E-state index in [1.807, 2.05) is 0 Å². The summed E-state index contributed by atoms with van der Waals surface area (Å²) in [5, 5.41) is 3.48. The SMILES string of the molecule is CCOC1CC(N2CCC(NC)C(C)C2C)C1(C)C. The number of likely N-dealkylation sites (tertiary alicyclic amines) is 1. The van der Waals surface area contributed by atoms with Gasteiger partial charge in [0.05, 0.1) is 6.10 Å². The van der Waals surface area contributed by atoms with E-state index in [0.717, 1.165) is 12.5 Å². The molecule has 1 aliphatic heterocycles. The molecule has 3 nitrogen and oxygen atoms in total. The minimum absolute atomic E-state index is 0.302. The molecule has 2 aliphatic rings. The van der Waals surface area contributed by atoms with Crippen LogP contribution in [0.1, 0.15) is 47.5 Å². The van der Waals surface area contributed by atoms with Crippen molar-refractivity contribution in [2.24, 2.45) is 11.3 Å². The standard InChI is InChI=1S/C16H32N2O/c1-7-19-15-10-14(16(15,4)5)18-9-8-13(17-6)11(2)12(18)3/h11-15,17H,7-10H2,1-6H3. The Labute approximate surface area is 119 Å². The summed E-state index contributed by atoms with van der Waals surface area (Å²) in [7, 11) is 2.10. The van der Waals surface area contributed by atoms with Crippen LogP contribution < -0.4 is 5.32 Å². The zero-order chi connectivity index (χ0) is 14.2. The maximum atomic E-state index is 5.88. The van der Waals surface area contributed by atoms with Gasteiger partial charge in [-0.15, -0.1) is 0 Å². The van der Waals surface area contributed by atoms with E-state index < -0.39 is 0 Å². The number of hydrogen-bond donors (Lipinski definition) is 1. The van der Waals surface area contributed by atoms with Crippen LogP contribution in [0, 0.1) is 11.3 Å². The average Bonchev–Trinajstić information content (AvgIpc) is 2.38. The van der Waals surface area contributed by atoms with Crippen LogP contribution in [0.25, 0.3) is 0 Å². The van der Waals surface area contributed by atoms with Crippen LogP contribution >= 0.6 is 0 Å². The zero-order valence-corrected chi connectivity index (χ0v) is 13.6. The lowest BCUT2D eigenvalue weighted by Gasteiger charge is -2.59. The molecule has 2 fully saturated rings. The quantitative estimate of drug-likeness (QED) is 0.848. The second kappa shape index (κ2) is 5.71. The summed E-state index contributed by atoms with van der Waals surface area (Å²) < 4.78 is 5.88. The molecule has 0 radical (unpaired) electrons. The van der Waals surface area contributed by atoms with E-state index in [-0.39, 0.29) is 0 Å². The maximum absolute atomic E-state index is 5.88. The van der Waals surface area contributed by atoms with E-state index >= 15 is 0 Å². The molecule has 2 rings (SSSR count). The largest absolute Gasteiger partial charge is 0.378 e. The van der Waals surface area contributed by atoms with Gasteiger partial charge in [-0.3, -0.25) is 4.90 Å². The summed E-state index contributed by atoms with van der Waals surface area (Å²) in [6.45, 7) is 13.7. The van der Waals surface area contributed by atoms with Crippen molar-refractivity contribution in [3.05, 3.63) is 0 Å². The average molecular weight is 268 g/mol. The van der Waals surface area contributed by atoms with Crippen LogP contribution in [0.3, 0.4) is 0 Å². The summed E-state index contributed by atoms with van der Waals surface area (Å²) in [5.74, 6) is 0.723. The third-order valence-corrected chi connectivity index (χ3v) is 5.88. The minimum atomic E-state index is 0.302. The molecule has 3 heteroatoms. The van der Waals surface area contributed by atoms with Gasteiger partial charge in [0.1, 0.15) is 0 Å². The molecular formula is C16H32N2O. The van der Waals surface area contributed by atoms with Crippen LogP contribution in [0.5, 0.6) is 0 Å². The van der Waals surface area contributed by atoms with Gasteiger partial charge in [-0.1, -0.05) is 20.8 Å². The molecule has 0 aromatic rings. The van der Waals surface area contributed by atoms with E-state index in [4.69, 9.17) is 4.74 Å². The molecule has 19 heavy (non-hydrogen) atoms. The number of ether oxygens (including phenoxy) is 1. The Balaban J connectivity index is 2.00. The van der Waals surface area contributed by atoms with Crippen LogP contribution in [-0.4, -0.2) is 49.3 Å². The van der Waals surface area contributed by atoms with Gasteiger partial charge >= 0.3 is 0 Å². The number of hydrogen-bond acceptors (Lipinski definition) is 3. The van der Waals surface area contributed by atoms with Gasteiger partial charge in [-0.05, 0) is 39.7 Å². The highest BCUT2D eigenvalue weighted by molar-refractivity contribution is 5.06. The first-order chi connectivity index (χ1) is 8.93. The van der Waals surface area contributed by atoms with Crippen molar-refractivity contribution in [1.29, 1.82) is 0 Å². The second-order valence-electron chi connectivity index (χ2n) is 7.04. The normalized spacial score (nSPS) is 42.9. The molecule has 0 bridgehead atoms. The Kier molecular flexibility index (Phi) is 4.59. The lowest BCUT2D eigenvalue weighted by Crippen LogP contribution is -2.67. The Hall–Kier alpha value is -0.120. The van der Waals surface area contributed by atoms with Crippen molar-refractivity contribution >= 4 is 0 Å². The van der Waals surface area contributed by atoms with Gasteiger partial charge in [0.25, 0.3) is 0 Å². The molecule has 1 saturated heterocycles. The summed E-state index contributed by atoms with van der Waals surface area (Å²) in [4.78, 5) is 2.74. The maximum Gasteiger partial charge on any atom is 0.0655 e. The molecular weight excluding hydrogens is 236 g/mol. The van der Waals surface area contributed by atoms with Gasteiger partial charge < -0.3 is 10.1 Å². The van der Waals surface area contributed by atoms with Crippen LogP contribution in [0.15, 0.2) is 0 Å². The van der Waals surface area contributed by atoms with Crippen molar-refractivity contribution in [3.8, 4) is 0 Å². The smallest absolute Gasteiger partial charge is 0.0655 e. The number of nitrogens with one attached hydrogen (secondary N) is 1. The van der Waals surface area contributed by atoms with Crippen molar-refractivity contribution in [1.82, 2.24) is 10.2 Å². The molecule has 1 heterocycles. The predicted molar refractivity (Wildman–Crippen MR) is 80.4 cm³/mol. The Morgan fingerprint density at radius 2 is 2.00 bits per heavy atom. The summed E-state index contributed by atoms with van der Waals surface area (Å²) in [6, 6.07) is 2.04. The number of rotatable bonds is 4. The summed E-state index contributed by atoms with van der Waals surface area (Å²) in [6.07, 6.45) is 2.93. The molecule has 0 aromatic heterocycles. The molecule has 5 atom stereocenters. The molecule has 112 valence electrons. The van der Waals surface area contributed by atoms with Gasteiger partial charge in [-0.25, -0.2) is 0 Å². The van der Waals surface area contributed by atoms with Crippen molar-refractivity contribution in [3.63, 3.8) is 0 Å².